The van der Waals surface area contributed by atoms with E-state index in [4.69, 9.17) is 0 Å². The van der Waals surface area contributed by atoms with Crippen molar-refractivity contribution in [2.45, 2.75) is 6.42 Å². The summed E-state index contributed by atoms with van der Waals surface area (Å²) in [5.74, 6) is -2.78. The first-order valence-electron chi connectivity index (χ1n) is 8.87. The van der Waals surface area contributed by atoms with Crippen LogP contribution in [0.4, 0.5) is 8.78 Å². The maximum atomic E-state index is 14.5. The molecule has 5 nitrogen and oxygen atoms in total. The van der Waals surface area contributed by atoms with E-state index in [0.717, 1.165) is 18.7 Å². The molecule has 0 fully saturated rings. The number of rotatable bonds is 6. The SMILES string of the molecule is CN(C)CCCNC(=O)c1c(F)cc(-c2cc(O)c3ncccc3c2)cc1F. The van der Waals surface area contributed by atoms with Gasteiger partial charge < -0.3 is 15.3 Å². The van der Waals surface area contributed by atoms with E-state index in [2.05, 4.69) is 10.3 Å². The minimum Gasteiger partial charge on any atom is -0.506 e. The number of halogens is 2. The van der Waals surface area contributed by atoms with E-state index >= 15 is 0 Å². The Balaban J connectivity index is 1.87. The molecule has 0 bridgehead atoms. The number of pyridine rings is 1. The third-order valence-corrected chi connectivity index (χ3v) is 4.35. The van der Waals surface area contributed by atoms with Gasteiger partial charge in [-0.25, -0.2) is 8.78 Å². The van der Waals surface area contributed by atoms with Gasteiger partial charge in [0.05, 0.1) is 0 Å². The molecule has 1 amide bonds. The summed E-state index contributed by atoms with van der Waals surface area (Å²) in [6, 6.07) is 8.70. The first kappa shape index (κ1) is 19.7. The number of aromatic hydroxyl groups is 1. The molecule has 0 aliphatic heterocycles. The lowest BCUT2D eigenvalue weighted by atomic mass is 10.00. The van der Waals surface area contributed by atoms with Crippen molar-refractivity contribution in [1.29, 1.82) is 0 Å². The number of benzene rings is 2. The molecule has 1 heterocycles. The van der Waals surface area contributed by atoms with Crippen LogP contribution in [0.15, 0.2) is 42.6 Å². The van der Waals surface area contributed by atoms with Gasteiger partial charge in [-0.15, -0.1) is 0 Å². The molecule has 7 heteroatoms. The monoisotopic (exact) mass is 385 g/mol. The number of phenols is 1. The molecule has 0 atom stereocenters. The lowest BCUT2D eigenvalue weighted by molar-refractivity contribution is 0.0944. The lowest BCUT2D eigenvalue weighted by Gasteiger charge is -2.12. The highest BCUT2D eigenvalue weighted by atomic mass is 19.1. The first-order chi connectivity index (χ1) is 13.4. The van der Waals surface area contributed by atoms with Crippen molar-refractivity contribution in [3.05, 3.63) is 59.8 Å². The molecule has 0 aliphatic carbocycles. The zero-order valence-electron chi connectivity index (χ0n) is 15.7. The van der Waals surface area contributed by atoms with Crippen LogP contribution in [-0.4, -0.2) is 48.1 Å². The average molecular weight is 385 g/mol. The number of fused-ring (bicyclic) bond motifs is 1. The summed E-state index contributed by atoms with van der Waals surface area (Å²) in [5.41, 5.74) is 0.440. The topological polar surface area (TPSA) is 65.5 Å². The number of carbonyl (C=O) groups is 1. The highest BCUT2D eigenvalue weighted by molar-refractivity contribution is 5.96. The maximum absolute atomic E-state index is 14.5. The van der Waals surface area contributed by atoms with E-state index in [1.807, 2.05) is 19.0 Å². The Morgan fingerprint density at radius 2 is 1.82 bits per heavy atom. The minimum atomic E-state index is -0.953. The van der Waals surface area contributed by atoms with Crippen molar-refractivity contribution in [2.75, 3.05) is 27.2 Å². The second-order valence-electron chi connectivity index (χ2n) is 6.80. The van der Waals surface area contributed by atoms with Crippen LogP contribution in [0.3, 0.4) is 0 Å². The molecule has 28 heavy (non-hydrogen) atoms. The fourth-order valence-corrected chi connectivity index (χ4v) is 2.98. The van der Waals surface area contributed by atoms with Gasteiger partial charge in [0.1, 0.15) is 28.5 Å². The van der Waals surface area contributed by atoms with E-state index in [9.17, 15) is 18.7 Å². The van der Waals surface area contributed by atoms with Crippen LogP contribution in [-0.2, 0) is 0 Å². The van der Waals surface area contributed by atoms with Crippen molar-refractivity contribution in [3.63, 3.8) is 0 Å². The third kappa shape index (κ3) is 4.26. The van der Waals surface area contributed by atoms with Crippen LogP contribution in [0, 0.1) is 11.6 Å². The highest BCUT2D eigenvalue weighted by Crippen LogP contribution is 2.32. The summed E-state index contributed by atoms with van der Waals surface area (Å²) >= 11 is 0. The Kier molecular flexibility index (Phi) is 5.84. The van der Waals surface area contributed by atoms with Crippen LogP contribution < -0.4 is 5.32 Å². The molecule has 0 saturated carbocycles. The van der Waals surface area contributed by atoms with Gasteiger partial charge >= 0.3 is 0 Å². The number of nitrogens with one attached hydrogen (secondary N) is 1. The summed E-state index contributed by atoms with van der Waals surface area (Å²) in [6.07, 6.45) is 2.22. The lowest BCUT2D eigenvalue weighted by Crippen LogP contribution is -2.28. The number of amides is 1. The number of phenolic OH excluding ortho intramolecular Hbond substituents is 1. The molecule has 0 unspecified atom stereocenters. The summed E-state index contributed by atoms with van der Waals surface area (Å²) in [7, 11) is 3.81. The Hall–Kier alpha value is -3.06. The van der Waals surface area contributed by atoms with Gasteiger partial charge in [0.25, 0.3) is 5.91 Å². The van der Waals surface area contributed by atoms with Crippen LogP contribution in [0.5, 0.6) is 5.75 Å². The Morgan fingerprint density at radius 3 is 2.50 bits per heavy atom. The summed E-state index contributed by atoms with van der Waals surface area (Å²) in [5, 5.41) is 13.3. The second kappa shape index (κ2) is 8.31. The van der Waals surface area contributed by atoms with E-state index in [1.165, 1.54) is 6.07 Å². The molecular weight excluding hydrogens is 364 g/mol. The largest absolute Gasteiger partial charge is 0.506 e. The van der Waals surface area contributed by atoms with E-state index in [1.54, 1.807) is 24.4 Å². The van der Waals surface area contributed by atoms with Crippen molar-refractivity contribution >= 4 is 16.8 Å². The second-order valence-corrected chi connectivity index (χ2v) is 6.80. The van der Waals surface area contributed by atoms with Gasteiger partial charge in [0.2, 0.25) is 0 Å². The highest BCUT2D eigenvalue weighted by Gasteiger charge is 2.19. The van der Waals surface area contributed by atoms with Crippen LogP contribution >= 0.6 is 0 Å². The third-order valence-electron chi connectivity index (χ3n) is 4.35. The zero-order valence-corrected chi connectivity index (χ0v) is 15.7. The number of hydrogen-bond donors (Lipinski definition) is 2. The fraction of sp³-hybridized carbons (Fsp3) is 0.238. The molecule has 3 aromatic rings. The van der Waals surface area contributed by atoms with Crippen molar-refractivity contribution in [2.24, 2.45) is 0 Å². The zero-order chi connectivity index (χ0) is 20.3. The number of nitrogens with zero attached hydrogens (tertiary/aromatic N) is 2. The van der Waals surface area contributed by atoms with E-state index < -0.39 is 23.1 Å². The summed E-state index contributed by atoms with van der Waals surface area (Å²) < 4.78 is 29.0. The predicted molar refractivity (Wildman–Crippen MR) is 104 cm³/mol. The summed E-state index contributed by atoms with van der Waals surface area (Å²) in [4.78, 5) is 18.2. The van der Waals surface area contributed by atoms with Crippen LogP contribution in [0.1, 0.15) is 16.8 Å². The maximum Gasteiger partial charge on any atom is 0.257 e. The smallest absolute Gasteiger partial charge is 0.257 e. The minimum absolute atomic E-state index is 0.0865. The quantitative estimate of drug-likeness (QED) is 0.637. The standard InChI is InChI=1S/C21H21F2N3O2/c1-26(2)8-4-7-25-21(28)19-16(22)10-15(11-17(19)23)14-9-13-5-3-6-24-20(13)18(27)12-14/h3,5-6,9-12,27H,4,7-8H2,1-2H3,(H,25,28). The van der Waals surface area contributed by atoms with Gasteiger partial charge in [-0.05, 0) is 68.5 Å². The molecule has 0 spiro atoms. The normalized spacial score (nSPS) is 11.2. The molecule has 2 N–H and O–H groups in total. The molecule has 0 radical (unpaired) electrons. The molecular formula is C21H21F2N3O2. The number of aromatic nitrogens is 1. The van der Waals surface area contributed by atoms with Gasteiger partial charge in [0, 0.05) is 18.1 Å². The molecule has 0 saturated heterocycles. The van der Waals surface area contributed by atoms with Crippen molar-refractivity contribution in [1.82, 2.24) is 15.2 Å². The Morgan fingerprint density at radius 1 is 1.14 bits per heavy atom. The van der Waals surface area contributed by atoms with Crippen molar-refractivity contribution < 1.29 is 18.7 Å². The average Bonchev–Trinajstić information content (AvgIpc) is 2.64. The van der Waals surface area contributed by atoms with Gasteiger partial charge in [-0.3, -0.25) is 9.78 Å². The molecule has 3 rings (SSSR count). The van der Waals surface area contributed by atoms with Gasteiger partial charge in [0.15, 0.2) is 0 Å². The number of carbonyl (C=O) groups excluding carboxylic acids is 1. The van der Waals surface area contributed by atoms with Gasteiger partial charge in [-0.2, -0.15) is 0 Å². The fourth-order valence-electron chi connectivity index (χ4n) is 2.98. The Labute approximate surface area is 161 Å². The predicted octanol–water partition coefficient (Wildman–Crippen LogP) is 3.57. The van der Waals surface area contributed by atoms with Crippen LogP contribution in [0.25, 0.3) is 22.0 Å². The van der Waals surface area contributed by atoms with Crippen LogP contribution in [0.2, 0.25) is 0 Å². The van der Waals surface area contributed by atoms with Crippen molar-refractivity contribution in [3.8, 4) is 16.9 Å². The molecule has 2 aromatic carbocycles. The van der Waals surface area contributed by atoms with Gasteiger partial charge in [-0.1, -0.05) is 6.07 Å². The molecule has 0 aliphatic rings. The molecule has 1 aromatic heterocycles. The number of hydrogen-bond acceptors (Lipinski definition) is 4. The summed E-state index contributed by atoms with van der Waals surface area (Å²) in [6.45, 7) is 1.08. The van der Waals surface area contributed by atoms with E-state index in [-0.39, 0.29) is 11.3 Å². The first-order valence-corrected chi connectivity index (χ1v) is 8.87. The molecule has 146 valence electrons. The van der Waals surface area contributed by atoms with E-state index in [0.29, 0.717) is 29.4 Å². The Bertz CT molecular complexity index is 999.